The Kier molecular flexibility index (Phi) is 3.68. The van der Waals surface area contributed by atoms with Gasteiger partial charge in [0.2, 0.25) is 0 Å². The number of benzene rings is 1. The lowest BCUT2D eigenvalue weighted by atomic mass is 10.3. The van der Waals surface area contributed by atoms with E-state index in [1.54, 1.807) is 33.7 Å². The van der Waals surface area contributed by atoms with Crippen LogP contribution < -0.4 is 10.4 Å². The van der Waals surface area contributed by atoms with Crippen LogP contribution >= 0.6 is 0 Å². The van der Waals surface area contributed by atoms with Gasteiger partial charge in [0, 0.05) is 18.9 Å². The van der Waals surface area contributed by atoms with Crippen molar-refractivity contribution in [1.82, 2.24) is 29.1 Å². The summed E-state index contributed by atoms with van der Waals surface area (Å²) in [5, 5.41) is 0. The lowest BCUT2D eigenvalue weighted by Gasteiger charge is -2.05. The van der Waals surface area contributed by atoms with E-state index in [1.807, 2.05) is 43.3 Å². The van der Waals surface area contributed by atoms with Crippen molar-refractivity contribution in [3.63, 3.8) is 0 Å². The van der Waals surface area contributed by atoms with Gasteiger partial charge in [-0.2, -0.15) is 4.98 Å². The van der Waals surface area contributed by atoms with Crippen molar-refractivity contribution in [1.29, 1.82) is 0 Å². The lowest BCUT2D eigenvalue weighted by molar-refractivity contribution is 0.449. The number of rotatable bonds is 4. The molecule has 4 heterocycles. The van der Waals surface area contributed by atoms with Crippen LogP contribution in [0.15, 0.2) is 65.7 Å². The average Bonchev–Trinajstić information content (AvgIpc) is 3.25. The molecule has 0 spiro atoms. The number of aromatic amines is 1. The molecule has 5 aromatic rings. The Labute approximate surface area is 159 Å². The molecule has 0 saturated carbocycles. The molecule has 138 valence electrons. The standard InChI is InChI=1S/C20H16N6O2/c1-2-25-16-6-4-12-22-18(16)26(20(25)27)13-7-9-14(10-8-13)28-19-23-15-5-3-11-21-17(15)24-19/h3-12H,2H2,1H3,(H,21,23,24). The highest BCUT2D eigenvalue weighted by atomic mass is 16.5. The Morgan fingerprint density at radius 2 is 1.82 bits per heavy atom. The summed E-state index contributed by atoms with van der Waals surface area (Å²) in [4.78, 5) is 28.8. The maximum absolute atomic E-state index is 12.8. The predicted octanol–water partition coefficient (Wildman–Crippen LogP) is 3.27. The van der Waals surface area contributed by atoms with Gasteiger partial charge < -0.3 is 9.72 Å². The molecular weight excluding hydrogens is 356 g/mol. The van der Waals surface area contributed by atoms with Crippen LogP contribution in [-0.4, -0.2) is 29.1 Å². The smallest absolute Gasteiger partial charge is 0.334 e. The van der Waals surface area contributed by atoms with Gasteiger partial charge in [-0.25, -0.2) is 19.3 Å². The van der Waals surface area contributed by atoms with Gasteiger partial charge in [0.25, 0.3) is 0 Å². The molecule has 0 amide bonds. The highest BCUT2D eigenvalue weighted by molar-refractivity contribution is 5.74. The summed E-state index contributed by atoms with van der Waals surface area (Å²) in [6.07, 6.45) is 3.37. The summed E-state index contributed by atoms with van der Waals surface area (Å²) in [7, 11) is 0. The Balaban J connectivity index is 1.51. The van der Waals surface area contributed by atoms with E-state index in [4.69, 9.17) is 4.74 Å². The summed E-state index contributed by atoms with van der Waals surface area (Å²) in [5.41, 5.74) is 3.45. The zero-order chi connectivity index (χ0) is 19.1. The number of imidazole rings is 2. The van der Waals surface area contributed by atoms with E-state index < -0.39 is 0 Å². The number of hydrogen-bond donors (Lipinski definition) is 1. The van der Waals surface area contributed by atoms with Crippen molar-refractivity contribution in [2.24, 2.45) is 0 Å². The summed E-state index contributed by atoms with van der Waals surface area (Å²) < 4.78 is 9.09. The fourth-order valence-electron chi connectivity index (χ4n) is 3.27. The Morgan fingerprint density at radius 3 is 2.61 bits per heavy atom. The molecule has 8 nitrogen and oxygen atoms in total. The molecule has 0 aliphatic carbocycles. The predicted molar refractivity (Wildman–Crippen MR) is 105 cm³/mol. The number of pyridine rings is 2. The number of fused-ring (bicyclic) bond motifs is 2. The molecule has 0 saturated heterocycles. The molecule has 0 aliphatic rings. The quantitative estimate of drug-likeness (QED) is 0.523. The van der Waals surface area contributed by atoms with Crippen molar-refractivity contribution < 1.29 is 4.74 Å². The minimum Gasteiger partial charge on any atom is -0.426 e. The minimum absolute atomic E-state index is 0.117. The van der Waals surface area contributed by atoms with Crippen LogP contribution in [0.2, 0.25) is 0 Å². The van der Waals surface area contributed by atoms with Crippen LogP contribution in [-0.2, 0) is 6.54 Å². The number of aromatic nitrogens is 6. The molecule has 8 heteroatoms. The first-order valence-corrected chi connectivity index (χ1v) is 8.90. The minimum atomic E-state index is -0.117. The third-order valence-electron chi connectivity index (χ3n) is 4.55. The first-order valence-electron chi connectivity index (χ1n) is 8.90. The number of H-pyrrole nitrogens is 1. The monoisotopic (exact) mass is 372 g/mol. The largest absolute Gasteiger partial charge is 0.426 e. The Bertz CT molecular complexity index is 1310. The van der Waals surface area contributed by atoms with Crippen molar-refractivity contribution >= 4 is 22.3 Å². The first-order chi connectivity index (χ1) is 13.7. The molecule has 28 heavy (non-hydrogen) atoms. The third kappa shape index (κ3) is 2.54. The van der Waals surface area contributed by atoms with Gasteiger partial charge in [-0.3, -0.25) is 4.57 Å². The molecule has 0 fully saturated rings. The van der Waals surface area contributed by atoms with Crippen molar-refractivity contribution in [3.8, 4) is 17.4 Å². The van der Waals surface area contributed by atoms with Crippen molar-refractivity contribution in [3.05, 3.63) is 71.4 Å². The van der Waals surface area contributed by atoms with Crippen LogP contribution in [0.25, 0.3) is 28.0 Å². The van der Waals surface area contributed by atoms with Gasteiger partial charge in [-0.15, -0.1) is 0 Å². The fraction of sp³-hybridized carbons (Fsp3) is 0.100. The number of hydrogen-bond acceptors (Lipinski definition) is 5. The molecule has 0 aliphatic heterocycles. The molecule has 1 N–H and O–H groups in total. The maximum atomic E-state index is 12.8. The summed E-state index contributed by atoms with van der Waals surface area (Å²) in [6.45, 7) is 2.52. The van der Waals surface area contributed by atoms with Crippen LogP contribution in [0, 0.1) is 0 Å². The van der Waals surface area contributed by atoms with E-state index in [1.165, 1.54) is 0 Å². The van der Waals surface area contributed by atoms with E-state index >= 15 is 0 Å². The molecule has 0 radical (unpaired) electrons. The summed E-state index contributed by atoms with van der Waals surface area (Å²) >= 11 is 0. The van der Waals surface area contributed by atoms with Gasteiger partial charge in [0.1, 0.15) is 5.75 Å². The van der Waals surface area contributed by atoms with Crippen LogP contribution in [0.3, 0.4) is 0 Å². The maximum Gasteiger partial charge on any atom is 0.334 e. The van der Waals surface area contributed by atoms with Gasteiger partial charge >= 0.3 is 11.7 Å². The lowest BCUT2D eigenvalue weighted by Crippen LogP contribution is -2.22. The second-order valence-corrected chi connectivity index (χ2v) is 6.22. The SMILES string of the molecule is CCn1c(=O)n(-c2ccc(Oc3nc4ncccc4[nH]3)cc2)c2ncccc21. The second-order valence-electron chi connectivity index (χ2n) is 6.22. The van der Waals surface area contributed by atoms with Gasteiger partial charge in [-0.1, -0.05) is 0 Å². The first kappa shape index (κ1) is 16.2. The second kappa shape index (κ2) is 6.34. The zero-order valence-corrected chi connectivity index (χ0v) is 15.0. The normalized spacial score (nSPS) is 11.3. The number of ether oxygens (including phenoxy) is 1. The summed E-state index contributed by atoms with van der Waals surface area (Å²) in [6, 6.07) is 15.0. The zero-order valence-electron chi connectivity index (χ0n) is 15.0. The Hall–Kier alpha value is -3.94. The van der Waals surface area contributed by atoms with Crippen LogP contribution in [0.4, 0.5) is 0 Å². The highest BCUT2D eigenvalue weighted by Gasteiger charge is 2.14. The fourth-order valence-corrected chi connectivity index (χ4v) is 3.27. The molecular formula is C20H16N6O2. The van der Waals surface area contributed by atoms with Gasteiger partial charge in [0.15, 0.2) is 11.3 Å². The number of nitrogens with one attached hydrogen (secondary N) is 1. The Morgan fingerprint density at radius 1 is 1.04 bits per heavy atom. The van der Waals surface area contributed by atoms with Crippen LogP contribution in [0.5, 0.6) is 11.8 Å². The molecule has 0 bridgehead atoms. The van der Waals surface area contributed by atoms with E-state index in [0.29, 0.717) is 29.6 Å². The van der Waals surface area contributed by atoms with E-state index in [9.17, 15) is 4.79 Å². The number of nitrogens with zero attached hydrogens (tertiary/aromatic N) is 5. The van der Waals surface area contributed by atoms with E-state index in [0.717, 1.165) is 16.7 Å². The van der Waals surface area contributed by atoms with Crippen LogP contribution in [0.1, 0.15) is 6.92 Å². The molecule has 1 aromatic carbocycles. The molecule has 0 unspecified atom stereocenters. The molecule has 5 rings (SSSR count). The summed E-state index contributed by atoms with van der Waals surface area (Å²) in [5.74, 6) is 0.600. The van der Waals surface area contributed by atoms with E-state index in [2.05, 4.69) is 19.9 Å². The van der Waals surface area contributed by atoms with Crippen molar-refractivity contribution in [2.75, 3.05) is 0 Å². The van der Waals surface area contributed by atoms with Crippen molar-refractivity contribution in [2.45, 2.75) is 13.5 Å². The molecule has 4 aromatic heterocycles. The molecule has 0 atom stereocenters. The average molecular weight is 372 g/mol. The van der Waals surface area contributed by atoms with Gasteiger partial charge in [0.05, 0.1) is 16.7 Å². The third-order valence-corrected chi connectivity index (χ3v) is 4.55. The topological polar surface area (TPSA) is 90.6 Å². The van der Waals surface area contributed by atoms with Gasteiger partial charge in [-0.05, 0) is 55.5 Å². The number of aryl methyl sites for hydroxylation is 1. The van der Waals surface area contributed by atoms with E-state index in [-0.39, 0.29) is 5.69 Å². The highest BCUT2D eigenvalue weighted by Crippen LogP contribution is 2.23.